The standard InChI is InChI=1S/C33H42N4O.C27H35F4N3.C22H29Cl2N5O.4H2/c1-25-21-26(2)23-30(22-25)35-33(38)34-24-32(29-15-13-28(14-16-29)27-9-5-3-6-10-27)37-19-17-36(18-20-37)31-11-7-4-8-12-31;28-24-12-6-21(7-13-24)14-15-32-20-26(22-8-10-23(11-9-22)27(29,30)31)34-18-16-33(17-19-34)25-4-2-1-3-5-25;1-27(2)20-6-4-16(5-7-20)21(29-10-8-28(3)9-11-29)15-25-22(30)26-19-13-17(23)12-18(24)14-19;;;;/h3,5-6,9-10,13-16,21-23,31-32H,4,7-8,11-12,17-20,24H2,1-2H3,(H2,34,35,38);6-13,25-26,32H,1-5,14-20H2;4-7,12-14,21H,8-11,15H2,1-3H3,(H2,25,26,30);4*1H. The lowest BCUT2D eigenvalue weighted by Gasteiger charge is -2.43. The number of likely N-dealkylation sites (N-methyl/N-ethyl adjacent to an activating group) is 1. The van der Waals surface area contributed by atoms with Crippen molar-refractivity contribution in [3.8, 4) is 11.1 Å². The number of carbonyl (C=O) groups is 2. The molecule has 3 unspecified atom stereocenters. The minimum atomic E-state index is -4.33. The van der Waals surface area contributed by atoms with E-state index >= 15 is 0 Å². The molecule has 5 aliphatic rings. The van der Waals surface area contributed by atoms with Crippen molar-refractivity contribution in [2.75, 3.05) is 141 Å². The smallest absolute Gasteiger partial charge is 0.378 e. The van der Waals surface area contributed by atoms with Crippen LogP contribution in [0, 0.1) is 19.7 Å². The Kier molecular flexibility index (Phi) is 29.3. The summed E-state index contributed by atoms with van der Waals surface area (Å²) in [4.78, 5) is 42.5. The van der Waals surface area contributed by atoms with Crippen molar-refractivity contribution in [2.24, 2.45) is 0 Å². The fourth-order valence-corrected chi connectivity index (χ4v) is 15.7. The number of carbonyl (C=O) groups excluding carboxylic acids is 2. The van der Waals surface area contributed by atoms with Gasteiger partial charge in [-0.2, -0.15) is 13.2 Å². The molecule has 4 amide bonds. The van der Waals surface area contributed by atoms with Gasteiger partial charge >= 0.3 is 18.2 Å². The summed E-state index contributed by atoms with van der Waals surface area (Å²) in [5.41, 5.74) is 11.1. The van der Waals surface area contributed by atoms with Crippen LogP contribution in [0.4, 0.5) is 44.2 Å². The van der Waals surface area contributed by atoms with Crippen molar-refractivity contribution in [1.82, 2.24) is 45.3 Å². The van der Waals surface area contributed by atoms with Crippen molar-refractivity contribution in [1.29, 1.82) is 0 Å². The number of aryl methyl sites for hydroxylation is 2. The van der Waals surface area contributed by atoms with Crippen molar-refractivity contribution in [3.05, 3.63) is 219 Å². The van der Waals surface area contributed by atoms with Crippen LogP contribution in [0.15, 0.2) is 164 Å². The van der Waals surface area contributed by atoms with Crippen LogP contribution in [0.3, 0.4) is 0 Å². The van der Waals surface area contributed by atoms with E-state index in [1.807, 2.05) is 26.2 Å². The van der Waals surface area contributed by atoms with Crippen LogP contribution >= 0.6 is 23.2 Å². The normalized spacial score (nSPS) is 18.1. The molecule has 5 N–H and O–H groups in total. The summed E-state index contributed by atoms with van der Waals surface area (Å²) in [5.74, 6) is -0.244. The van der Waals surface area contributed by atoms with E-state index in [-0.39, 0.29) is 41.7 Å². The van der Waals surface area contributed by atoms with Gasteiger partial charge in [0, 0.05) is 163 Å². The number of alkyl halides is 3. The molecule has 0 spiro atoms. The van der Waals surface area contributed by atoms with Crippen LogP contribution in [-0.2, 0) is 12.6 Å². The van der Waals surface area contributed by atoms with Gasteiger partial charge < -0.3 is 36.4 Å². The highest BCUT2D eigenvalue weighted by atomic mass is 35.5. The molecule has 0 aromatic heterocycles. The molecule has 7 aromatic carbocycles. The van der Waals surface area contributed by atoms with Crippen LogP contribution < -0.4 is 31.5 Å². The lowest BCUT2D eigenvalue weighted by molar-refractivity contribution is -0.137. The number of urea groups is 2. The third-order valence-electron chi connectivity index (χ3n) is 20.9. The van der Waals surface area contributed by atoms with E-state index in [0.29, 0.717) is 41.4 Å². The number of amides is 4. The van der Waals surface area contributed by atoms with Crippen molar-refractivity contribution < 1.29 is 32.9 Å². The summed E-state index contributed by atoms with van der Waals surface area (Å²) in [6.07, 6.45) is 9.84. The quantitative estimate of drug-likeness (QED) is 0.0352. The van der Waals surface area contributed by atoms with Gasteiger partial charge in [-0.05, 0) is 171 Å². The SMILES string of the molecule is CN1CCN(C(CNC(=O)Nc2cc(Cl)cc(Cl)c2)c2ccc(N(C)C)cc2)CC1.Cc1cc(C)cc(NC(=O)NCC(c2ccc(-c3ccccc3)cc2)N2CCN(C3CCCCC3)CC2)c1.Fc1ccc(CCNCC(c2ccc(C(F)(F)F)cc2)N2CCN(C3CCCCC3)CC2)cc1.[HH].[HH].[HH].[HH]. The van der Waals surface area contributed by atoms with Gasteiger partial charge in [0.25, 0.3) is 0 Å². The van der Waals surface area contributed by atoms with Crippen LogP contribution in [0.25, 0.3) is 11.1 Å². The molecule has 102 heavy (non-hydrogen) atoms. The summed E-state index contributed by atoms with van der Waals surface area (Å²) in [6.45, 7) is 18.7. The molecule has 5 fully saturated rings. The largest absolute Gasteiger partial charge is 0.416 e. The molecule has 556 valence electrons. The first-order valence-corrected chi connectivity index (χ1v) is 37.6. The Morgan fingerprint density at radius 2 is 0.931 bits per heavy atom. The monoisotopic (exact) mass is 1440 g/mol. The minimum absolute atomic E-state index is 0. The Balaban J connectivity index is 0.000000246. The predicted octanol–water partition coefficient (Wildman–Crippen LogP) is 17.6. The fourth-order valence-electron chi connectivity index (χ4n) is 15.2. The summed E-state index contributed by atoms with van der Waals surface area (Å²) < 4.78 is 52.4. The molecular weight excluding hydrogens is 1330 g/mol. The van der Waals surface area contributed by atoms with Gasteiger partial charge in [-0.15, -0.1) is 0 Å². The molecule has 7 aromatic rings. The Morgan fingerprint density at radius 1 is 0.510 bits per heavy atom. The maximum atomic E-state index is 13.1. The van der Waals surface area contributed by atoms with Gasteiger partial charge in [-0.3, -0.25) is 24.5 Å². The van der Waals surface area contributed by atoms with Gasteiger partial charge in [0.2, 0.25) is 0 Å². The van der Waals surface area contributed by atoms with E-state index < -0.39 is 11.7 Å². The van der Waals surface area contributed by atoms with Gasteiger partial charge in [0.1, 0.15) is 5.82 Å². The zero-order valence-electron chi connectivity index (χ0n) is 60.3. The Morgan fingerprint density at radius 3 is 1.39 bits per heavy atom. The van der Waals surface area contributed by atoms with E-state index in [9.17, 15) is 27.2 Å². The average Bonchev–Trinajstić information content (AvgIpc) is 0.824. The Hall–Kier alpha value is -7.10. The first-order chi connectivity index (χ1) is 49.3. The molecule has 0 bridgehead atoms. The highest BCUT2D eigenvalue weighted by molar-refractivity contribution is 6.35. The second-order valence-corrected chi connectivity index (χ2v) is 29.4. The number of nitrogens with zero attached hydrogens (tertiary/aromatic N) is 7. The lowest BCUT2D eigenvalue weighted by atomic mass is 9.93. The number of benzene rings is 7. The number of rotatable bonds is 21. The molecule has 14 nitrogen and oxygen atoms in total. The Bertz CT molecular complexity index is 3650. The average molecular weight is 1450 g/mol. The number of nitrogens with one attached hydrogen (secondary N) is 5. The summed E-state index contributed by atoms with van der Waals surface area (Å²) in [7, 11) is 6.20. The summed E-state index contributed by atoms with van der Waals surface area (Å²) in [6, 6.07) is 52.5. The van der Waals surface area contributed by atoms with Crippen molar-refractivity contribution in [3.63, 3.8) is 0 Å². The fraction of sp³-hybridized carbons (Fsp3) is 0.463. The number of hydrogen-bond acceptors (Lipinski definition) is 10. The first-order valence-electron chi connectivity index (χ1n) is 36.8. The predicted molar refractivity (Wildman–Crippen MR) is 419 cm³/mol. The molecule has 2 aliphatic carbocycles. The number of piperazine rings is 3. The molecule has 12 rings (SSSR count). The third-order valence-corrected chi connectivity index (χ3v) is 21.3. The van der Waals surface area contributed by atoms with Gasteiger partial charge in [-0.25, -0.2) is 14.0 Å². The molecule has 3 saturated heterocycles. The van der Waals surface area contributed by atoms with E-state index in [1.165, 1.54) is 111 Å². The van der Waals surface area contributed by atoms with Crippen LogP contribution in [0.5, 0.6) is 0 Å². The highest BCUT2D eigenvalue weighted by Gasteiger charge is 2.34. The zero-order chi connectivity index (χ0) is 72.0. The number of anilines is 3. The second kappa shape index (κ2) is 38.6. The topological polar surface area (TPSA) is 117 Å². The molecule has 20 heteroatoms. The third kappa shape index (κ3) is 23.7. The molecule has 2 saturated carbocycles. The Labute approximate surface area is 619 Å². The lowest BCUT2D eigenvalue weighted by Crippen LogP contribution is -2.53. The molecule has 0 radical (unpaired) electrons. The highest BCUT2D eigenvalue weighted by Crippen LogP contribution is 2.34. The first kappa shape index (κ1) is 77.5. The summed E-state index contributed by atoms with van der Waals surface area (Å²) in [5, 5.41) is 16.5. The summed E-state index contributed by atoms with van der Waals surface area (Å²) >= 11 is 12.0. The van der Waals surface area contributed by atoms with E-state index in [0.717, 1.165) is 131 Å². The zero-order valence-corrected chi connectivity index (χ0v) is 61.8. The van der Waals surface area contributed by atoms with Crippen molar-refractivity contribution >= 4 is 52.3 Å². The van der Waals surface area contributed by atoms with E-state index in [2.05, 4.69) is 167 Å². The molecule has 3 heterocycles. The van der Waals surface area contributed by atoms with Crippen LogP contribution in [-0.4, -0.2) is 179 Å². The maximum Gasteiger partial charge on any atom is 0.416 e. The van der Waals surface area contributed by atoms with Crippen LogP contribution in [0.2, 0.25) is 10.0 Å². The van der Waals surface area contributed by atoms with Gasteiger partial charge in [0.15, 0.2) is 0 Å². The number of halogens is 6. The number of hydrogen-bond donors (Lipinski definition) is 5. The van der Waals surface area contributed by atoms with E-state index in [1.54, 1.807) is 42.5 Å². The molecule has 3 aliphatic heterocycles. The maximum absolute atomic E-state index is 13.1. The van der Waals surface area contributed by atoms with E-state index in [4.69, 9.17) is 23.2 Å². The minimum Gasteiger partial charge on any atom is -0.378 e. The molecule has 3 atom stereocenters. The molecular formula is C82H114Cl2F4N12O2. The van der Waals surface area contributed by atoms with Gasteiger partial charge in [-0.1, -0.05) is 159 Å². The van der Waals surface area contributed by atoms with Crippen LogP contribution in [0.1, 0.15) is 127 Å². The second-order valence-electron chi connectivity index (χ2n) is 28.5. The van der Waals surface area contributed by atoms with Crippen molar-refractivity contribution in [2.45, 2.75) is 121 Å². The van der Waals surface area contributed by atoms with Gasteiger partial charge in [0.05, 0.1) is 17.6 Å².